The van der Waals surface area contributed by atoms with Crippen molar-refractivity contribution < 1.29 is 23.9 Å². The third kappa shape index (κ3) is 5.37. The van der Waals surface area contributed by atoms with E-state index in [4.69, 9.17) is 33.3 Å². The summed E-state index contributed by atoms with van der Waals surface area (Å²) in [6.45, 7) is 6.01. The summed E-state index contributed by atoms with van der Waals surface area (Å²) in [5, 5.41) is 3.33. The topological polar surface area (TPSA) is 88.2 Å². The fraction of sp³-hybridized carbons (Fsp3) is 0.250. The van der Waals surface area contributed by atoms with Gasteiger partial charge < -0.3 is 19.7 Å². The number of nitrogens with one attached hydrogen (secondary N) is 1. The molecule has 1 fully saturated rings. The number of hydrogen-bond donors (Lipinski definition) is 1. The number of carbonyl (C=O) groups is 3. The molecule has 0 spiro atoms. The van der Waals surface area contributed by atoms with Gasteiger partial charge in [0.15, 0.2) is 5.11 Å². The number of anilines is 2. The van der Waals surface area contributed by atoms with Crippen LogP contribution in [0, 0.1) is 0 Å². The van der Waals surface area contributed by atoms with Gasteiger partial charge in [0.25, 0.3) is 5.91 Å². The molecule has 0 unspecified atom stereocenters. The molecule has 10 heteroatoms. The van der Waals surface area contributed by atoms with Gasteiger partial charge in [0, 0.05) is 12.2 Å². The van der Waals surface area contributed by atoms with Gasteiger partial charge in [0.1, 0.15) is 11.8 Å². The number of benzene rings is 2. The van der Waals surface area contributed by atoms with Crippen LogP contribution in [-0.4, -0.2) is 54.1 Å². The van der Waals surface area contributed by atoms with E-state index in [1.54, 1.807) is 60.4 Å². The molecule has 178 valence electrons. The predicted octanol–water partition coefficient (Wildman–Crippen LogP) is 4.04. The van der Waals surface area contributed by atoms with Crippen LogP contribution in [0.2, 0.25) is 5.02 Å². The second-order valence-corrected chi connectivity index (χ2v) is 8.05. The molecule has 1 aliphatic rings. The first-order chi connectivity index (χ1) is 16.3. The number of esters is 1. The molecule has 1 heterocycles. The summed E-state index contributed by atoms with van der Waals surface area (Å²) in [5.41, 5.74) is 1.34. The van der Waals surface area contributed by atoms with Crippen molar-refractivity contribution in [1.29, 1.82) is 0 Å². The maximum absolute atomic E-state index is 13.3. The molecule has 1 atom stereocenters. The van der Waals surface area contributed by atoms with E-state index in [0.717, 1.165) is 0 Å². The Balaban J connectivity index is 1.75. The van der Waals surface area contributed by atoms with E-state index >= 15 is 0 Å². The second-order valence-electron chi connectivity index (χ2n) is 7.28. The van der Waals surface area contributed by atoms with E-state index in [2.05, 4.69) is 11.9 Å². The normalized spacial score (nSPS) is 15.3. The summed E-state index contributed by atoms with van der Waals surface area (Å²) >= 11 is 11.8. The Kier molecular flexibility index (Phi) is 8.25. The molecule has 8 nitrogen and oxygen atoms in total. The Morgan fingerprint density at radius 2 is 1.94 bits per heavy atom. The molecule has 0 saturated carbocycles. The Morgan fingerprint density at radius 3 is 2.53 bits per heavy atom. The van der Waals surface area contributed by atoms with Gasteiger partial charge in [0.05, 0.1) is 36.4 Å². The molecule has 3 rings (SSSR count). The lowest BCUT2D eigenvalue weighted by Crippen LogP contribution is -2.37. The number of nitrogens with zero attached hydrogens (tertiary/aromatic N) is 2. The lowest BCUT2D eigenvalue weighted by atomic mass is 10.1. The van der Waals surface area contributed by atoms with Crippen LogP contribution < -0.4 is 15.0 Å². The van der Waals surface area contributed by atoms with E-state index in [1.165, 1.54) is 12.0 Å². The van der Waals surface area contributed by atoms with E-state index in [0.29, 0.717) is 27.7 Å². The second kappa shape index (κ2) is 11.1. The Morgan fingerprint density at radius 1 is 1.24 bits per heavy atom. The van der Waals surface area contributed by atoms with Crippen molar-refractivity contribution in [3.05, 3.63) is 65.7 Å². The minimum absolute atomic E-state index is 0.132. The third-order valence-electron chi connectivity index (χ3n) is 5.10. The monoisotopic (exact) mass is 501 g/mol. The minimum atomic E-state index is -0.815. The standard InChI is InChI=1S/C24H24ClN3O5S/c1-4-12-27-19(14-21(29)26-16-8-6-15(7-9-16)23(31)33-5-2)22(30)28(24(27)34)17-10-11-20(32-3)18(25)13-17/h4,6-11,13,19H,1,5,12,14H2,2-3H3,(H,26,29)/t19-/m1/s1. The van der Waals surface area contributed by atoms with Crippen LogP contribution in [0.1, 0.15) is 23.7 Å². The van der Waals surface area contributed by atoms with Crippen molar-refractivity contribution in [3.63, 3.8) is 0 Å². The number of thiocarbonyl (C=S) groups is 1. The molecule has 0 aromatic heterocycles. The molecule has 0 bridgehead atoms. The van der Waals surface area contributed by atoms with Gasteiger partial charge in [-0.15, -0.1) is 6.58 Å². The van der Waals surface area contributed by atoms with Gasteiger partial charge >= 0.3 is 5.97 Å². The average Bonchev–Trinajstić information content (AvgIpc) is 3.03. The summed E-state index contributed by atoms with van der Waals surface area (Å²) in [6, 6.07) is 10.4. The minimum Gasteiger partial charge on any atom is -0.495 e. The van der Waals surface area contributed by atoms with Gasteiger partial charge in [-0.1, -0.05) is 17.7 Å². The van der Waals surface area contributed by atoms with Crippen LogP contribution >= 0.6 is 23.8 Å². The lowest BCUT2D eigenvalue weighted by Gasteiger charge is -2.22. The molecule has 1 N–H and O–H groups in total. The zero-order valence-electron chi connectivity index (χ0n) is 18.7. The lowest BCUT2D eigenvalue weighted by molar-refractivity contribution is -0.124. The van der Waals surface area contributed by atoms with Gasteiger partial charge in [-0.05, 0) is 61.6 Å². The fourth-order valence-corrected chi connectivity index (χ4v) is 4.15. The Labute approximate surface area is 208 Å². The average molecular weight is 502 g/mol. The Bertz CT molecular complexity index is 1120. The summed E-state index contributed by atoms with van der Waals surface area (Å²) in [4.78, 5) is 40.8. The highest BCUT2D eigenvalue weighted by atomic mass is 35.5. The molecule has 1 aliphatic heterocycles. The third-order valence-corrected chi connectivity index (χ3v) is 5.81. The summed E-state index contributed by atoms with van der Waals surface area (Å²) in [6.07, 6.45) is 1.48. The first kappa shape index (κ1) is 25.2. The highest BCUT2D eigenvalue weighted by Gasteiger charge is 2.43. The van der Waals surface area contributed by atoms with Crippen molar-refractivity contribution in [2.75, 3.05) is 30.5 Å². The van der Waals surface area contributed by atoms with Crippen LogP contribution in [-0.2, 0) is 14.3 Å². The zero-order valence-corrected chi connectivity index (χ0v) is 20.3. The number of methoxy groups -OCH3 is 1. The van der Waals surface area contributed by atoms with Gasteiger partial charge in [-0.25, -0.2) is 4.79 Å². The summed E-state index contributed by atoms with van der Waals surface area (Å²) < 4.78 is 10.1. The van der Waals surface area contributed by atoms with E-state index < -0.39 is 12.0 Å². The summed E-state index contributed by atoms with van der Waals surface area (Å²) in [5.74, 6) is -0.699. The zero-order chi connectivity index (χ0) is 24.8. The SMILES string of the molecule is C=CCN1C(=S)N(c2ccc(OC)c(Cl)c2)C(=O)[C@H]1CC(=O)Nc1ccc(C(=O)OCC)cc1. The predicted molar refractivity (Wildman–Crippen MR) is 134 cm³/mol. The van der Waals surface area contributed by atoms with Crippen LogP contribution in [0.25, 0.3) is 0 Å². The number of carbonyl (C=O) groups excluding carboxylic acids is 3. The van der Waals surface area contributed by atoms with Crippen LogP contribution in [0.5, 0.6) is 5.75 Å². The van der Waals surface area contributed by atoms with Crippen LogP contribution in [0.4, 0.5) is 11.4 Å². The van der Waals surface area contributed by atoms with Crippen molar-refractivity contribution in [3.8, 4) is 5.75 Å². The molecular weight excluding hydrogens is 478 g/mol. The molecule has 2 aromatic carbocycles. The number of ether oxygens (including phenoxy) is 2. The molecular formula is C24H24ClN3O5S. The van der Waals surface area contributed by atoms with Crippen molar-refractivity contribution in [1.82, 2.24) is 4.90 Å². The first-order valence-corrected chi connectivity index (χ1v) is 11.2. The molecule has 1 saturated heterocycles. The van der Waals surface area contributed by atoms with Crippen LogP contribution in [0.15, 0.2) is 55.1 Å². The number of amides is 2. The summed E-state index contributed by atoms with van der Waals surface area (Å²) in [7, 11) is 1.50. The number of halogens is 1. The van der Waals surface area contributed by atoms with Gasteiger partial charge in [-0.2, -0.15) is 0 Å². The largest absolute Gasteiger partial charge is 0.495 e. The molecule has 0 aliphatic carbocycles. The smallest absolute Gasteiger partial charge is 0.338 e. The van der Waals surface area contributed by atoms with Gasteiger partial charge in [-0.3, -0.25) is 14.5 Å². The Hall–Kier alpha value is -3.43. The maximum Gasteiger partial charge on any atom is 0.338 e. The van der Waals surface area contributed by atoms with Crippen molar-refractivity contribution in [2.24, 2.45) is 0 Å². The molecule has 2 aromatic rings. The maximum atomic E-state index is 13.3. The van der Waals surface area contributed by atoms with E-state index in [9.17, 15) is 14.4 Å². The quantitative estimate of drug-likeness (QED) is 0.315. The first-order valence-electron chi connectivity index (χ1n) is 10.5. The molecule has 0 radical (unpaired) electrons. The van der Waals surface area contributed by atoms with E-state index in [-0.39, 0.29) is 36.5 Å². The fourth-order valence-electron chi connectivity index (χ4n) is 3.50. The highest BCUT2D eigenvalue weighted by Crippen LogP contribution is 2.33. The van der Waals surface area contributed by atoms with Crippen LogP contribution in [0.3, 0.4) is 0 Å². The molecule has 34 heavy (non-hydrogen) atoms. The number of rotatable bonds is 9. The molecule has 2 amide bonds. The van der Waals surface area contributed by atoms with Crippen molar-refractivity contribution >= 4 is 58.1 Å². The highest BCUT2D eigenvalue weighted by molar-refractivity contribution is 7.80. The van der Waals surface area contributed by atoms with Gasteiger partial charge in [0.2, 0.25) is 5.91 Å². The van der Waals surface area contributed by atoms with E-state index in [1.807, 2.05) is 0 Å². The number of hydrogen-bond acceptors (Lipinski definition) is 6. The van der Waals surface area contributed by atoms with Crippen molar-refractivity contribution in [2.45, 2.75) is 19.4 Å².